The molecule has 138 valence electrons. The van der Waals surface area contributed by atoms with Crippen LogP contribution in [0.5, 0.6) is 0 Å². The van der Waals surface area contributed by atoms with Crippen LogP contribution in [-0.4, -0.2) is 15.7 Å². The Hall–Kier alpha value is -2.63. The number of carbonyl (C=O) groups excluding carboxylic acids is 1. The number of hydrogen-bond donors (Lipinski definition) is 0. The number of nitro groups is 1. The largest absolute Gasteiger partial charge is 0.467 e. The first kappa shape index (κ1) is 18.2. The van der Waals surface area contributed by atoms with E-state index in [1.807, 2.05) is 12.1 Å². The molecule has 1 aliphatic carbocycles. The van der Waals surface area contributed by atoms with Crippen LogP contribution < -0.4 is 0 Å². The fraction of sp³-hybridized carbons (Fsp3) is 0.450. The predicted octanol–water partition coefficient (Wildman–Crippen LogP) is 4.69. The van der Waals surface area contributed by atoms with E-state index >= 15 is 0 Å². The molecular weight excluding hydrogens is 332 g/mol. The van der Waals surface area contributed by atoms with Crippen molar-refractivity contribution in [3.8, 4) is 0 Å². The van der Waals surface area contributed by atoms with Crippen molar-refractivity contribution in [1.82, 2.24) is 4.90 Å². The molecular formula is C20H24N2O4. The summed E-state index contributed by atoms with van der Waals surface area (Å²) in [6, 6.07) is 10.0. The highest BCUT2D eigenvalue weighted by atomic mass is 16.6. The fourth-order valence-electron chi connectivity index (χ4n) is 3.55. The molecule has 26 heavy (non-hydrogen) atoms. The van der Waals surface area contributed by atoms with Gasteiger partial charge in [0.2, 0.25) is 5.91 Å². The van der Waals surface area contributed by atoms with E-state index in [0.29, 0.717) is 25.4 Å². The second-order valence-corrected chi connectivity index (χ2v) is 6.94. The molecule has 0 radical (unpaired) electrons. The van der Waals surface area contributed by atoms with E-state index in [1.54, 1.807) is 23.3 Å². The zero-order chi connectivity index (χ0) is 18.4. The number of non-ortho nitro benzene ring substituents is 1. The summed E-state index contributed by atoms with van der Waals surface area (Å²) in [4.78, 5) is 24.9. The van der Waals surface area contributed by atoms with Crippen molar-refractivity contribution < 1.29 is 14.1 Å². The first-order valence-corrected chi connectivity index (χ1v) is 9.15. The lowest BCUT2D eigenvalue weighted by molar-refractivity contribution is -0.384. The van der Waals surface area contributed by atoms with Gasteiger partial charge in [0, 0.05) is 25.1 Å². The molecule has 0 N–H and O–H groups in total. The Bertz CT molecular complexity index is 719. The van der Waals surface area contributed by atoms with E-state index in [1.165, 1.54) is 37.8 Å². The van der Waals surface area contributed by atoms with Crippen molar-refractivity contribution in [3.63, 3.8) is 0 Å². The molecule has 2 aromatic rings. The second kappa shape index (κ2) is 8.65. The molecule has 6 heteroatoms. The zero-order valence-electron chi connectivity index (χ0n) is 14.8. The molecule has 0 saturated heterocycles. The lowest BCUT2D eigenvalue weighted by Gasteiger charge is -2.22. The van der Waals surface area contributed by atoms with Crippen molar-refractivity contribution in [1.29, 1.82) is 0 Å². The summed E-state index contributed by atoms with van der Waals surface area (Å²) in [5.41, 5.74) is 0.926. The van der Waals surface area contributed by atoms with Gasteiger partial charge in [-0.2, -0.15) is 0 Å². The molecule has 0 spiro atoms. The van der Waals surface area contributed by atoms with Crippen molar-refractivity contribution in [2.75, 3.05) is 0 Å². The van der Waals surface area contributed by atoms with Gasteiger partial charge in [-0.15, -0.1) is 0 Å². The third-order valence-corrected chi connectivity index (χ3v) is 5.04. The minimum atomic E-state index is -0.419. The third-order valence-electron chi connectivity index (χ3n) is 5.04. The van der Waals surface area contributed by atoms with E-state index in [0.717, 1.165) is 17.7 Å². The van der Waals surface area contributed by atoms with Gasteiger partial charge in [0.15, 0.2) is 0 Å². The standard InChI is InChI=1S/C20H24N2O4/c23-20(12-9-16-4-1-2-5-16)21(15-19-6-3-13-26-19)14-17-7-10-18(11-8-17)22(24)25/h3,6-8,10-11,13,16H,1-2,4-5,9,12,14-15H2. The number of furan rings is 1. The van der Waals surface area contributed by atoms with Crippen LogP contribution in [0.25, 0.3) is 0 Å². The van der Waals surface area contributed by atoms with Gasteiger partial charge < -0.3 is 9.32 Å². The molecule has 1 aliphatic rings. The Balaban J connectivity index is 1.65. The minimum Gasteiger partial charge on any atom is -0.467 e. The Kier molecular flexibility index (Phi) is 6.04. The Morgan fingerprint density at radius 2 is 1.88 bits per heavy atom. The van der Waals surface area contributed by atoms with Crippen LogP contribution in [0.4, 0.5) is 5.69 Å². The molecule has 0 bridgehead atoms. The summed E-state index contributed by atoms with van der Waals surface area (Å²) in [5.74, 6) is 1.51. The van der Waals surface area contributed by atoms with Crippen molar-refractivity contribution >= 4 is 11.6 Å². The topological polar surface area (TPSA) is 76.6 Å². The molecule has 0 aliphatic heterocycles. The summed E-state index contributed by atoms with van der Waals surface area (Å²) in [6.07, 6.45) is 8.09. The van der Waals surface area contributed by atoms with Crippen LogP contribution in [-0.2, 0) is 17.9 Å². The Morgan fingerprint density at radius 1 is 1.15 bits per heavy atom. The number of carbonyl (C=O) groups is 1. The Labute approximate surface area is 153 Å². The average Bonchev–Trinajstić information content (AvgIpc) is 3.33. The molecule has 0 atom stereocenters. The molecule has 0 unspecified atom stereocenters. The molecule has 1 aromatic carbocycles. The predicted molar refractivity (Wildman–Crippen MR) is 97.3 cm³/mol. The van der Waals surface area contributed by atoms with Crippen LogP contribution in [0.2, 0.25) is 0 Å². The number of rotatable bonds is 8. The number of benzene rings is 1. The Morgan fingerprint density at radius 3 is 2.50 bits per heavy atom. The van der Waals surface area contributed by atoms with Crippen molar-refractivity contribution in [2.24, 2.45) is 5.92 Å². The van der Waals surface area contributed by atoms with Gasteiger partial charge in [0.1, 0.15) is 5.76 Å². The summed E-state index contributed by atoms with van der Waals surface area (Å²) >= 11 is 0. The lowest BCUT2D eigenvalue weighted by atomic mass is 10.0. The van der Waals surface area contributed by atoms with Crippen LogP contribution in [0.15, 0.2) is 47.1 Å². The molecule has 1 saturated carbocycles. The maximum Gasteiger partial charge on any atom is 0.269 e. The van der Waals surface area contributed by atoms with Gasteiger partial charge in [-0.05, 0) is 30.0 Å². The first-order valence-electron chi connectivity index (χ1n) is 9.15. The first-order chi connectivity index (χ1) is 12.6. The maximum absolute atomic E-state index is 12.8. The monoisotopic (exact) mass is 356 g/mol. The number of nitro benzene ring substituents is 1. The summed E-state index contributed by atoms with van der Waals surface area (Å²) in [6.45, 7) is 0.829. The van der Waals surface area contributed by atoms with Crippen LogP contribution in [0, 0.1) is 16.0 Å². The highest BCUT2D eigenvalue weighted by Crippen LogP contribution is 2.29. The van der Waals surface area contributed by atoms with Crippen molar-refractivity contribution in [3.05, 3.63) is 64.1 Å². The highest BCUT2D eigenvalue weighted by molar-refractivity contribution is 5.76. The fourth-order valence-corrected chi connectivity index (χ4v) is 3.55. The molecule has 1 fully saturated rings. The van der Waals surface area contributed by atoms with E-state index in [4.69, 9.17) is 4.42 Å². The van der Waals surface area contributed by atoms with Gasteiger partial charge in [-0.3, -0.25) is 14.9 Å². The van der Waals surface area contributed by atoms with Gasteiger partial charge in [0.25, 0.3) is 5.69 Å². The van der Waals surface area contributed by atoms with Gasteiger partial charge in [-0.25, -0.2) is 0 Å². The zero-order valence-corrected chi connectivity index (χ0v) is 14.8. The van der Waals surface area contributed by atoms with E-state index in [9.17, 15) is 14.9 Å². The van der Waals surface area contributed by atoms with E-state index < -0.39 is 4.92 Å². The molecule has 3 rings (SSSR count). The third kappa shape index (κ3) is 4.94. The van der Waals surface area contributed by atoms with E-state index in [2.05, 4.69) is 0 Å². The summed E-state index contributed by atoms with van der Waals surface area (Å²) in [7, 11) is 0. The van der Waals surface area contributed by atoms with E-state index in [-0.39, 0.29) is 11.6 Å². The average molecular weight is 356 g/mol. The molecule has 1 amide bonds. The van der Waals surface area contributed by atoms with Gasteiger partial charge in [0.05, 0.1) is 17.7 Å². The van der Waals surface area contributed by atoms with Crippen LogP contribution >= 0.6 is 0 Å². The second-order valence-electron chi connectivity index (χ2n) is 6.94. The smallest absolute Gasteiger partial charge is 0.269 e. The lowest BCUT2D eigenvalue weighted by Crippen LogP contribution is -2.30. The quantitative estimate of drug-likeness (QED) is 0.508. The summed E-state index contributed by atoms with van der Waals surface area (Å²) < 4.78 is 5.40. The maximum atomic E-state index is 12.8. The van der Waals surface area contributed by atoms with Crippen molar-refractivity contribution in [2.45, 2.75) is 51.6 Å². The summed E-state index contributed by atoms with van der Waals surface area (Å²) in [5, 5.41) is 10.8. The van der Waals surface area contributed by atoms with Crippen LogP contribution in [0.3, 0.4) is 0 Å². The highest BCUT2D eigenvalue weighted by Gasteiger charge is 2.20. The molecule has 1 aromatic heterocycles. The normalized spacial score (nSPS) is 14.5. The number of amides is 1. The number of nitrogens with zero attached hydrogens (tertiary/aromatic N) is 2. The van der Waals surface area contributed by atoms with Gasteiger partial charge in [-0.1, -0.05) is 37.8 Å². The SMILES string of the molecule is O=C(CCC1CCCC1)N(Cc1ccc([N+](=O)[O-])cc1)Cc1ccco1. The molecule has 1 heterocycles. The number of hydrogen-bond acceptors (Lipinski definition) is 4. The molecule has 6 nitrogen and oxygen atoms in total. The minimum absolute atomic E-state index is 0.0545. The van der Waals surface area contributed by atoms with Crippen LogP contribution in [0.1, 0.15) is 49.8 Å². The van der Waals surface area contributed by atoms with Gasteiger partial charge >= 0.3 is 0 Å².